The summed E-state index contributed by atoms with van der Waals surface area (Å²) in [5.41, 5.74) is 0.944. The molecular formula is C17H20ClFN2O2. The standard InChI is InChI=1S/C17H20ClFN2O2/c1-11(2)9-21(17(23)15-7-13(18)8-20-15)10-16(22)12-3-5-14(19)6-4-12/h3-8,11,16,20,22H,9-10H2,1-2H3. The van der Waals surface area contributed by atoms with Gasteiger partial charge in [0, 0.05) is 12.7 Å². The largest absolute Gasteiger partial charge is 0.387 e. The van der Waals surface area contributed by atoms with Crippen molar-refractivity contribution in [1.29, 1.82) is 0 Å². The number of hydrogen-bond donors (Lipinski definition) is 2. The van der Waals surface area contributed by atoms with Crippen LogP contribution in [0.25, 0.3) is 0 Å². The minimum atomic E-state index is -0.885. The Morgan fingerprint density at radius 2 is 1.96 bits per heavy atom. The highest BCUT2D eigenvalue weighted by molar-refractivity contribution is 6.30. The molecule has 1 atom stereocenters. The number of aromatic nitrogens is 1. The van der Waals surface area contributed by atoms with Gasteiger partial charge in [-0.15, -0.1) is 0 Å². The van der Waals surface area contributed by atoms with E-state index in [1.165, 1.54) is 24.3 Å². The topological polar surface area (TPSA) is 56.3 Å². The molecule has 0 saturated carbocycles. The van der Waals surface area contributed by atoms with E-state index in [1.54, 1.807) is 17.2 Å². The van der Waals surface area contributed by atoms with Crippen LogP contribution in [-0.2, 0) is 0 Å². The fourth-order valence-electron chi connectivity index (χ4n) is 2.34. The average molecular weight is 339 g/mol. The number of carbonyl (C=O) groups excluding carboxylic acids is 1. The first kappa shape index (κ1) is 17.5. The number of amides is 1. The minimum Gasteiger partial charge on any atom is -0.387 e. The van der Waals surface area contributed by atoms with Crippen molar-refractivity contribution in [3.05, 3.63) is 58.6 Å². The van der Waals surface area contributed by atoms with E-state index in [0.717, 1.165) is 0 Å². The molecule has 4 nitrogen and oxygen atoms in total. The Morgan fingerprint density at radius 1 is 1.30 bits per heavy atom. The van der Waals surface area contributed by atoms with E-state index in [4.69, 9.17) is 11.6 Å². The highest BCUT2D eigenvalue weighted by atomic mass is 35.5. The molecule has 1 aromatic carbocycles. The molecule has 6 heteroatoms. The summed E-state index contributed by atoms with van der Waals surface area (Å²) >= 11 is 5.84. The van der Waals surface area contributed by atoms with Crippen LogP contribution in [0.3, 0.4) is 0 Å². The summed E-state index contributed by atoms with van der Waals surface area (Å²) in [4.78, 5) is 17.0. The first-order valence-corrected chi connectivity index (χ1v) is 7.81. The maximum absolute atomic E-state index is 13.0. The van der Waals surface area contributed by atoms with E-state index in [0.29, 0.717) is 22.8 Å². The van der Waals surface area contributed by atoms with Gasteiger partial charge in [-0.05, 0) is 29.7 Å². The minimum absolute atomic E-state index is 0.124. The van der Waals surface area contributed by atoms with Gasteiger partial charge in [-0.2, -0.15) is 0 Å². The van der Waals surface area contributed by atoms with Gasteiger partial charge in [0.25, 0.3) is 5.91 Å². The molecular weight excluding hydrogens is 319 g/mol. The summed E-state index contributed by atoms with van der Waals surface area (Å²) in [7, 11) is 0. The Kier molecular flexibility index (Phi) is 5.80. The molecule has 23 heavy (non-hydrogen) atoms. The van der Waals surface area contributed by atoms with E-state index in [-0.39, 0.29) is 24.2 Å². The number of rotatable bonds is 6. The van der Waals surface area contributed by atoms with Gasteiger partial charge in [0.1, 0.15) is 11.5 Å². The highest BCUT2D eigenvalue weighted by Crippen LogP contribution is 2.18. The van der Waals surface area contributed by atoms with Crippen LogP contribution in [0.5, 0.6) is 0 Å². The summed E-state index contributed by atoms with van der Waals surface area (Å²) in [6.45, 7) is 4.60. The number of aliphatic hydroxyl groups excluding tert-OH is 1. The lowest BCUT2D eigenvalue weighted by molar-refractivity contribution is 0.0590. The van der Waals surface area contributed by atoms with Crippen molar-refractivity contribution in [2.24, 2.45) is 5.92 Å². The van der Waals surface area contributed by atoms with E-state index in [1.807, 2.05) is 13.8 Å². The molecule has 0 saturated heterocycles. The monoisotopic (exact) mass is 338 g/mol. The lowest BCUT2D eigenvalue weighted by atomic mass is 10.1. The van der Waals surface area contributed by atoms with E-state index in [2.05, 4.69) is 4.98 Å². The molecule has 1 aromatic heterocycles. The van der Waals surface area contributed by atoms with Crippen molar-refractivity contribution in [3.8, 4) is 0 Å². The number of H-pyrrole nitrogens is 1. The molecule has 0 spiro atoms. The van der Waals surface area contributed by atoms with Crippen molar-refractivity contribution in [2.75, 3.05) is 13.1 Å². The van der Waals surface area contributed by atoms with Crippen LogP contribution in [0.4, 0.5) is 4.39 Å². The van der Waals surface area contributed by atoms with Crippen molar-refractivity contribution in [2.45, 2.75) is 20.0 Å². The number of hydrogen-bond acceptors (Lipinski definition) is 2. The zero-order valence-corrected chi connectivity index (χ0v) is 13.8. The van der Waals surface area contributed by atoms with Gasteiger partial charge in [0.05, 0.1) is 17.7 Å². The van der Waals surface area contributed by atoms with E-state index in [9.17, 15) is 14.3 Å². The molecule has 0 aliphatic rings. The number of nitrogens with zero attached hydrogens (tertiary/aromatic N) is 1. The zero-order valence-electron chi connectivity index (χ0n) is 13.1. The first-order chi connectivity index (χ1) is 10.9. The van der Waals surface area contributed by atoms with Crippen molar-refractivity contribution < 1.29 is 14.3 Å². The molecule has 0 fully saturated rings. The normalized spacial score (nSPS) is 12.4. The van der Waals surface area contributed by atoms with Gasteiger partial charge >= 0.3 is 0 Å². The quantitative estimate of drug-likeness (QED) is 0.845. The molecule has 0 aliphatic carbocycles. The molecule has 0 bridgehead atoms. The smallest absolute Gasteiger partial charge is 0.270 e. The summed E-state index contributed by atoms with van der Waals surface area (Å²) in [5, 5.41) is 10.8. The van der Waals surface area contributed by atoms with Crippen LogP contribution < -0.4 is 0 Å². The highest BCUT2D eigenvalue weighted by Gasteiger charge is 2.22. The Balaban J connectivity index is 2.14. The van der Waals surface area contributed by atoms with Crippen LogP contribution in [0, 0.1) is 11.7 Å². The van der Waals surface area contributed by atoms with Crippen molar-refractivity contribution in [1.82, 2.24) is 9.88 Å². The summed E-state index contributed by atoms with van der Waals surface area (Å²) in [6, 6.07) is 7.17. The third-order valence-corrected chi connectivity index (χ3v) is 3.62. The molecule has 2 aromatic rings. The van der Waals surface area contributed by atoms with Crippen LogP contribution in [0.1, 0.15) is 36.0 Å². The Hall–Kier alpha value is -1.85. The Bertz CT molecular complexity index is 655. The van der Waals surface area contributed by atoms with Gasteiger partial charge in [-0.25, -0.2) is 4.39 Å². The third-order valence-electron chi connectivity index (χ3n) is 3.40. The van der Waals surface area contributed by atoms with Crippen LogP contribution in [0.2, 0.25) is 5.02 Å². The van der Waals surface area contributed by atoms with Gasteiger partial charge in [-0.3, -0.25) is 4.79 Å². The number of aromatic amines is 1. The first-order valence-electron chi connectivity index (χ1n) is 7.43. The Morgan fingerprint density at radius 3 is 2.48 bits per heavy atom. The van der Waals surface area contributed by atoms with Gasteiger partial charge in [0.2, 0.25) is 0 Å². The second-order valence-corrected chi connectivity index (χ2v) is 6.34. The maximum atomic E-state index is 13.0. The number of benzene rings is 1. The second-order valence-electron chi connectivity index (χ2n) is 5.90. The lowest BCUT2D eigenvalue weighted by Crippen LogP contribution is -2.37. The molecule has 2 N–H and O–H groups in total. The molecule has 1 unspecified atom stereocenters. The van der Waals surface area contributed by atoms with Crippen LogP contribution in [-0.4, -0.2) is 34.0 Å². The third kappa shape index (κ3) is 4.81. The van der Waals surface area contributed by atoms with Gasteiger partial charge < -0.3 is 15.0 Å². The zero-order chi connectivity index (χ0) is 17.0. The lowest BCUT2D eigenvalue weighted by Gasteiger charge is -2.26. The van der Waals surface area contributed by atoms with Gasteiger partial charge in [0.15, 0.2) is 0 Å². The fraction of sp³-hybridized carbons (Fsp3) is 0.353. The number of nitrogens with one attached hydrogen (secondary N) is 1. The van der Waals surface area contributed by atoms with Crippen molar-refractivity contribution in [3.63, 3.8) is 0 Å². The molecule has 1 amide bonds. The fourth-order valence-corrected chi connectivity index (χ4v) is 2.51. The second kappa shape index (κ2) is 7.62. The van der Waals surface area contributed by atoms with Crippen LogP contribution >= 0.6 is 11.6 Å². The average Bonchev–Trinajstić information content (AvgIpc) is 2.92. The molecule has 2 rings (SSSR count). The summed E-state index contributed by atoms with van der Waals surface area (Å²) in [6.07, 6.45) is 0.655. The molecule has 0 radical (unpaired) electrons. The molecule has 1 heterocycles. The van der Waals surface area contributed by atoms with Gasteiger partial charge in [-0.1, -0.05) is 37.6 Å². The summed E-state index contributed by atoms with van der Waals surface area (Å²) < 4.78 is 13.0. The SMILES string of the molecule is CC(C)CN(CC(O)c1ccc(F)cc1)C(=O)c1cc(Cl)c[nH]1. The predicted molar refractivity (Wildman–Crippen MR) is 87.9 cm³/mol. The summed E-state index contributed by atoms with van der Waals surface area (Å²) in [5.74, 6) is -0.353. The molecule has 0 aliphatic heterocycles. The number of carbonyl (C=O) groups is 1. The van der Waals surface area contributed by atoms with Crippen molar-refractivity contribution >= 4 is 17.5 Å². The predicted octanol–water partition coefficient (Wildman–Crippen LogP) is 3.64. The molecule has 124 valence electrons. The van der Waals surface area contributed by atoms with E-state index < -0.39 is 6.10 Å². The Labute approximate surface area is 139 Å². The maximum Gasteiger partial charge on any atom is 0.270 e. The number of aliphatic hydroxyl groups is 1. The van der Waals surface area contributed by atoms with E-state index >= 15 is 0 Å². The number of halogens is 2. The van der Waals surface area contributed by atoms with Crippen LogP contribution in [0.15, 0.2) is 36.5 Å².